The largest absolute Gasteiger partial charge is 0.477 e. The molecule has 0 spiro atoms. The van der Waals surface area contributed by atoms with E-state index in [1.807, 2.05) is 19.1 Å². The lowest BCUT2D eigenvalue weighted by molar-refractivity contribution is -0.385. The van der Waals surface area contributed by atoms with Crippen LogP contribution in [0.5, 0.6) is 0 Å². The first kappa shape index (κ1) is 13.5. The molecule has 0 aliphatic carbocycles. The van der Waals surface area contributed by atoms with E-state index in [1.165, 1.54) is 0 Å². The summed E-state index contributed by atoms with van der Waals surface area (Å²) in [7, 11) is 0. The summed E-state index contributed by atoms with van der Waals surface area (Å²) in [6.45, 7) is 1.94. The first-order chi connectivity index (χ1) is 9.47. The molecule has 0 saturated carbocycles. The van der Waals surface area contributed by atoms with Gasteiger partial charge in [-0.25, -0.2) is 9.78 Å². The lowest BCUT2D eigenvalue weighted by Crippen LogP contribution is -2.05. The summed E-state index contributed by atoms with van der Waals surface area (Å²) in [6, 6.07) is 8.51. The number of nitrogens with one attached hydrogen (secondary N) is 1. The fraction of sp³-hybridized carbons (Fsp3) is 0.0769. The van der Waals surface area contributed by atoms with Crippen molar-refractivity contribution in [1.82, 2.24) is 4.98 Å². The molecule has 102 valence electrons. The minimum Gasteiger partial charge on any atom is -0.477 e. The molecule has 2 aromatic rings. The smallest absolute Gasteiger partial charge is 0.342 e. The molecule has 0 atom stereocenters. The Labute approximate surface area is 114 Å². The number of carbonyl (C=O) groups is 1. The lowest BCUT2D eigenvalue weighted by Gasteiger charge is -2.06. The second-order valence-corrected chi connectivity index (χ2v) is 4.14. The summed E-state index contributed by atoms with van der Waals surface area (Å²) in [5.74, 6) is -1.14. The van der Waals surface area contributed by atoms with E-state index in [-0.39, 0.29) is 5.82 Å². The van der Waals surface area contributed by atoms with Crippen LogP contribution in [0.3, 0.4) is 0 Å². The van der Waals surface area contributed by atoms with Crippen molar-refractivity contribution in [1.29, 1.82) is 0 Å². The zero-order valence-electron chi connectivity index (χ0n) is 10.5. The number of aromatic nitrogens is 1. The van der Waals surface area contributed by atoms with Gasteiger partial charge in [-0.1, -0.05) is 17.7 Å². The van der Waals surface area contributed by atoms with E-state index in [0.29, 0.717) is 5.69 Å². The number of pyridine rings is 1. The van der Waals surface area contributed by atoms with E-state index in [0.717, 1.165) is 17.8 Å². The number of aryl methyl sites for hydroxylation is 1. The quantitative estimate of drug-likeness (QED) is 0.655. The minimum atomic E-state index is -1.37. The van der Waals surface area contributed by atoms with Gasteiger partial charge in [0.25, 0.3) is 0 Å². The molecule has 2 N–H and O–H groups in total. The molecule has 0 radical (unpaired) electrons. The van der Waals surface area contributed by atoms with Crippen LogP contribution in [-0.2, 0) is 0 Å². The average molecular weight is 273 g/mol. The van der Waals surface area contributed by atoms with Gasteiger partial charge in [-0.15, -0.1) is 0 Å². The predicted molar refractivity (Wildman–Crippen MR) is 72.3 cm³/mol. The summed E-state index contributed by atoms with van der Waals surface area (Å²) in [5.41, 5.74) is 0.860. The molecule has 1 heterocycles. The van der Waals surface area contributed by atoms with Crippen molar-refractivity contribution in [3.05, 3.63) is 57.8 Å². The number of hydrogen-bond acceptors (Lipinski definition) is 5. The number of carboxylic acids is 1. The van der Waals surface area contributed by atoms with Gasteiger partial charge >= 0.3 is 11.7 Å². The van der Waals surface area contributed by atoms with Crippen molar-refractivity contribution in [2.45, 2.75) is 6.92 Å². The van der Waals surface area contributed by atoms with Gasteiger partial charge in [0.2, 0.25) is 0 Å². The molecule has 0 unspecified atom stereocenters. The van der Waals surface area contributed by atoms with Gasteiger partial charge in [0.05, 0.1) is 4.92 Å². The average Bonchev–Trinajstić information content (AvgIpc) is 2.41. The van der Waals surface area contributed by atoms with Crippen molar-refractivity contribution >= 4 is 23.2 Å². The van der Waals surface area contributed by atoms with Crippen LogP contribution >= 0.6 is 0 Å². The van der Waals surface area contributed by atoms with E-state index < -0.39 is 22.1 Å². The van der Waals surface area contributed by atoms with E-state index in [1.54, 1.807) is 12.1 Å². The third-order valence-electron chi connectivity index (χ3n) is 2.63. The highest BCUT2D eigenvalue weighted by molar-refractivity contribution is 5.93. The SMILES string of the molecule is Cc1ccc(Nc2cc(C(=O)O)c([N+](=O)[O-])cn2)cc1. The maximum absolute atomic E-state index is 11.0. The fourth-order valence-corrected chi connectivity index (χ4v) is 1.62. The Bertz CT molecular complexity index is 668. The number of anilines is 2. The Kier molecular flexibility index (Phi) is 3.60. The number of carboxylic acid groups (broad SMARTS) is 1. The van der Waals surface area contributed by atoms with Crippen molar-refractivity contribution < 1.29 is 14.8 Å². The third kappa shape index (κ3) is 2.89. The lowest BCUT2D eigenvalue weighted by atomic mass is 10.2. The van der Waals surface area contributed by atoms with Crippen LogP contribution < -0.4 is 5.32 Å². The zero-order chi connectivity index (χ0) is 14.7. The molecule has 7 nitrogen and oxygen atoms in total. The highest BCUT2D eigenvalue weighted by Crippen LogP contribution is 2.22. The van der Waals surface area contributed by atoms with Crippen molar-refractivity contribution in [2.75, 3.05) is 5.32 Å². The monoisotopic (exact) mass is 273 g/mol. The van der Waals surface area contributed by atoms with Crippen LogP contribution in [0.4, 0.5) is 17.2 Å². The summed E-state index contributed by atoms with van der Waals surface area (Å²) < 4.78 is 0. The molecule has 0 aliphatic rings. The van der Waals surface area contributed by atoms with E-state index in [4.69, 9.17) is 5.11 Å². The van der Waals surface area contributed by atoms with E-state index in [9.17, 15) is 14.9 Å². The normalized spacial score (nSPS) is 10.1. The van der Waals surface area contributed by atoms with Gasteiger partial charge in [-0.3, -0.25) is 10.1 Å². The van der Waals surface area contributed by atoms with Crippen LogP contribution in [0.2, 0.25) is 0 Å². The summed E-state index contributed by atoms with van der Waals surface area (Å²) in [4.78, 5) is 24.8. The molecule has 2 rings (SSSR count). The number of benzene rings is 1. The van der Waals surface area contributed by atoms with Crippen LogP contribution in [0.1, 0.15) is 15.9 Å². The molecule has 0 aliphatic heterocycles. The molecule has 1 aromatic carbocycles. The molecular formula is C13H11N3O4. The molecule has 1 aromatic heterocycles. The number of rotatable bonds is 4. The van der Waals surface area contributed by atoms with E-state index in [2.05, 4.69) is 10.3 Å². The Morgan fingerprint density at radius 2 is 2.00 bits per heavy atom. The van der Waals surface area contributed by atoms with Gasteiger partial charge in [0.1, 0.15) is 17.6 Å². The predicted octanol–water partition coefficient (Wildman–Crippen LogP) is 2.74. The fourth-order valence-electron chi connectivity index (χ4n) is 1.62. The number of nitrogens with zero attached hydrogens (tertiary/aromatic N) is 2. The van der Waals surface area contributed by atoms with Crippen molar-refractivity contribution in [3.63, 3.8) is 0 Å². The number of nitro groups is 1. The molecule has 0 saturated heterocycles. The standard InChI is InChI=1S/C13H11N3O4/c1-8-2-4-9(5-3-8)15-12-6-10(13(17)18)11(7-14-12)16(19)20/h2-7H,1H3,(H,14,15)(H,17,18). The Hall–Kier alpha value is -2.96. The van der Waals surface area contributed by atoms with Gasteiger partial charge in [-0.05, 0) is 19.1 Å². The van der Waals surface area contributed by atoms with Crippen LogP contribution in [0.25, 0.3) is 0 Å². The number of aromatic carboxylic acids is 1. The van der Waals surface area contributed by atoms with Crippen LogP contribution in [-0.4, -0.2) is 21.0 Å². The molecule has 0 fully saturated rings. The van der Waals surface area contributed by atoms with Crippen molar-refractivity contribution in [2.24, 2.45) is 0 Å². The maximum Gasteiger partial charge on any atom is 0.342 e. The molecular weight excluding hydrogens is 262 g/mol. The summed E-state index contributed by atoms with van der Waals surface area (Å²) in [6.07, 6.45) is 0.931. The second kappa shape index (κ2) is 5.35. The number of hydrogen-bond donors (Lipinski definition) is 2. The highest BCUT2D eigenvalue weighted by atomic mass is 16.6. The van der Waals surface area contributed by atoms with Crippen LogP contribution in [0, 0.1) is 17.0 Å². The molecule has 7 heteroatoms. The zero-order valence-corrected chi connectivity index (χ0v) is 10.5. The Morgan fingerprint density at radius 1 is 1.35 bits per heavy atom. The first-order valence-corrected chi connectivity index (χ1v) is 5.69. The highest BCUT2D eigenvalue weighted by Gasteiger charge is 2.20. The molecule has 0 amide bonds. The van der Waals surface area contributed by atoms with Gasteiger partial charge in [-0.2, -0.15) is 0 Å². The minimum absolute atomic E-state index is 0.233. The van der Waals surface area contributed by atoms with Gasteiger partial charge in [0.15, 0.2) is 0 Å². The Morgan fingerprint density at radius 3 is 2.55 bits per heavy atom. The van der Waals surface area contributed by atoms with Gasteiger partial charge < -0.3 is 10.4 Å². The second-order valence-electron chi connectivity index (χ2n) is 4.14. The first-order valence-electron chi connectivity index (χ1n) is 5.69. The van der Waals surface area contributed by atoms with E-state index >= 15 is 0 Å². The Balaban J connectivity index is 2.34. The van der Waals surface area contributed by atoms with Crippen molar-refractivity contribution in [3.8, 4) is 0 Å². The third-order valence-corrected chi connectivity index (χ3v) is 2.63. The molecule has 20 heavy (non-hydrogen) atoms. The van der Waals surface area contributed by atoms with Crippen LogP contribution in [0.15, 0.2) is 36.5 Å². The summed E-state index contributed by atoms with van der Waals surface area (Å²) >= 11 is 0. The summed E-state index contributed by atoms with van der Waals surface area (Å²) in [5, 5.41) is 22.6. The maximum atomic E-state index is 11.0. The van der Waals surface area contributed by atoms with Gasteiger partial charge in [0, 0.05) is 11.8 Å². The topological polar surface area (TPSA) is 105 Å². The molecule has 0 bridgehead atoms.